The van der Waals surface area contributed by atoms with Crippen molar-refractivity contribution < 1.29 is 62.7 Å². The minimum atomic E-state index is -1.25. The number of carboxylic acids is 1. The normalized spacial score (nSPS) is 15.1. The van der Waals surface area contributed by atoms with E-state index >= 15 is 0 Å². The Morgan fingerprint density at radius 3 is 2.33 bits per heavy atom. The monoisotopic (exact) mass is 1070 g/mol. The molecule has 21 heteroatoms. The zero-order valence-electron chi connectivity index (χ0n) is 43.4. The van der Waals surface area contributed by atoms with Crippen molar-refractivity contribution in [2.45, 2.75) is 96.1 Å². The number of carbonyl (C=O) groups is 6. The molecular formula is C57H63FN8O12. The molecular weight excluding hydrogens is 1010 g/mol. The van der Waals surface area contributed by atoms with Gasteiger partial charge < -0.3 is 44.7 Å². The molecule has 1 saturated heterocycles. The van der Waals surface area contributed by atoms with Crippen LogP contribution in [-0.4, -0.2) is 133 Å². The highest BCUT2D eigenvalue weighted by Crippen LogP contribution is 2.44. The lowest BCUT2D eigenvalue weighted by molar-refractivity contribution is -0.140. The number of piperidine rings is 1. The third-order valence-corrected chi connectivity index (χ3v) is 13.3. The number of aliphatic hydroxyl groups excluding tert-OH is 2. The average molecular weight is 1070 g/mol. The molecule has 2 aliphatic rings. The Morgan fingerprint density at radius 1 is 0.833 bits per heavy atom. The van der Waals surface area contributed by atoms with Gasteiger partial charge >= 0.3 is 5.97 Å². The summed E-state index contributed by atoms with van der Waals surface area (Å²) in [4.78, 5) is 77.4. The van der Waals surface area contributed by atoms with E-state index in [0.29, 0.717) is 103 Å². The lowest BCUT2D eigenvalue weighted by Gasteiger charge is -2.27. The number of carboxylic acid groups (broad SMARTS) is 1. The minimum absolute atomic E-state index is 0.0377. The summed E-state index contributed by atoms with van der Waals surface area (Å²) in [7, 11) is 0. The van der Waals surface area contributed by atoms with Gasteiger partial charge in [0.05, 0.1) is 86.3 Å². The van der Waals surface area contributed by atoms with Gasteiger partial charge in [-0.25, -0.2) is 9.07 Å². The molecule has 8 rings (SSSR count). The quantitative estimate of drug-likeness (QED) is 0.0227. The number of nitrogens with zero attached hydrogens (tertiary/aromatic N) is 5. The summed E-state index contributed by atoms with van der Waals surface area (Å²) in [5.74, 6) is -3.95. The van der Waals surface area contributed by atoms with Crippen molar-refractivity contribution in [2.24, 2.45) is 0 Å². The second kappa shape index (κ2) is 26.3. The van der Waals surface area contributed by atoms with Crippen LogP contribution in [0.4, 0.5) is 15.8 Å². The number of para-hydroxylation sites is 1. The van der Waals surface area contributed by atoms with E-state index in [1.54, 1.807) is 41.1 Å². The lowest BCUT2D eigenvalue weighted by atomic mass is 9.94. The molecule has 78 heavy (non-hydrogen) atoms. The molecule has 0 aliphatic carbocycles. The number of hydrogen-bond donors (Lipinski definition) is 6. The van der Waals surface area contributed by atoms with Crippen LogP contribution in [0.2, 0.25) is 0 Å². The summed E-state index contributed by atoms with van der Waals surface area (Å²) >= 11 is 0. The van der Waals surface area contributed by atoms with Crippen LogP contribution in [0.5, 0.6) is 5.75 Å². The Hall–Kier alpha value is -8.11. The van der Waals surface area contributed by atoms with Crippen LogP contribution >= 0.6 is 0 Å². The largest absolute Gasteiger partial charge is 0.494 e. The molecule has 6 aromatic rings. The van der Waals surface area contributed by atoms with Gasteiger partial charge in [-0.15, -0.1) is 5.10 Å². The van der Waals surface area contributed by atoms with E-state index in [4.69, 9.17) is 14.2 Å². The average Bonchev–Trinajstić information content (AvgIpc) is 4.23. The van der Waals surface area contributed by atoms with Crippen LogP contribution < -0.4 is 20.7 Å². The Labute approximate surface area is 449 Å². The molecule has 3 atom stereocenters. The van der Waals surface area contributed by atoms with Gasteiger partial charge in [0, 0.05) is 48.3 Å². The van der Waals surface area contributed by atoms with Crippen LogP contribution in [0.25, 0.3) is 22.4 Å². The number of nitrogens with one attached hydrogen (secondary N) is 3. The first-order valence-corrected chi connectivity index (χ1v) is 26.0. The topological polar surface area (TPSA) is 266 Å². The maximum Gasteiger partial charge on any atom is 0.305 e. The Balaban J connectivity index is 0.842. The van der Waals surface area contributed by atoms with Gasteiger partial charge in [0.15, 0.2) is 0 Å². The summed E-state index contributed by atoms with van der Waals surface area (Å²) in [6, 6.07) is 26.2. The van der Waals surface area contributed by atoms with Gasteiger partial charge in [-0.3, -0.25) is 39.0 Å². The van der Waals surface area contributed by atoms with Crippen molar-refractivity contribution in [3.63, 3.8) is 0 Å². The zero-order valence-corrected chi connectivity index (χ0v) is 43.4. The first-order valence-electron chi connectivity index (χ1n) is 26.0. The standard InChI is InChI=1S/C57H63FN8O12/c1-35(2)52-51(55(73)60-39-10-4-3-5-11-39)49(53(36-16-18-38(58)19-17-36)65(52)24-22-41(67)32-42(68)33-48(70)71)37-9-6-13-43(31-37)78-26-8-12-40-34-64(63-62-40)25-28-77-30-29-76-27-23-59-45-15-7-14-44-50(45)57(75)66(56(44)74)46-20-21-47(69)61-54(46)72/h3-7,9-11,13-19,31,34-35,41-42,46,59,67-68H,8,12,20-30,32-33H2,1-2H3,(H,60,73)(H,70,71)(H,61,69,72). The summed E-state index contributed by atoms with van der Waals surface area (Å²) in [6.45, 7) is 6.51. The first-order chi connectivity index (χ1) is 37.7. The summed E-state index contributed by atoms with van der Waals surface area (Å²) in [5.41, 5.74) is 5.66. The van der Waals surface area contributed by atoms with Crippen molar-refractivity contribution >= 4 is 46.9 Å². The van der Waals surface area contributed by atoms with Crippen molar-refractivity contribution in [1.82, 2.24) is 29.8 Å². The Morgan fingerprint density at radius 2 is 1.59 bits per heavy atom. The molecule has 20 nitrogen and oxygen atoms in total. The highest BCUT2D eigenvalue weighted by atomic mass is 19.1. The number of ether oxygens (including phenoxy) is 3. The smallest absolute Gasteiger partial charge is 0.305 e. The number of benzene rings is 4. The molecule has 2 aliphatic heterocycles. The van der Waals surface area contributed by atoms with Gasteiger partial charge in [-0.05, 0) is 110 Å². The van der Waals surface area contributed by atoms with E-state index < -0.39 is 60.1 Å². The maximum absolute atomic E-state index is 14.7. The number of carbonyl (C=O) groups excluding carboxylic acids is 5. The number of anilines is 2. The molecule has 4 heterocycles. The second-order valence-electron chi connectivity index (χ2n) is 19.3. The molecule has 5 amide bonds. The Bertz CT molecular complexity index is 3110. The van der Waals surface area contributed by atoms with Crippen molar-refractivity contribution in [3.05, 3.63) is 137 Å². The number of aryl methyl sites for hydroxylation is 1. The van der Waals surface area contributed by atoms with Crippen LogP contribution in [-0.2, 0) is 43.4 Å². The fourth-order valence-electron chi connectivity index (χ4n) is 9.75. The van der Waals surface area contributed by atoms with E-state index in [9.17, 15) is 48.5 Å². The van der Waals surface area contributed by atoms with Gasteiger partial charge in [0.1, 0.15) is 17.6 Å². The van der Waals surface area contributed by atoms with Crippen molar-refractivity contribution in [2.75, 3.05) is 50.2 Å². The van der Waals surface area contributed by atoms with Gasteiger partial charge in [0.25, 0.3) is 17.7 Å². The Kier molecular flexibility index (Phi) is 18.9. The number of aromatic nitrogens is 4. The van der Waals surface area contributed by atoms with Crippen LogP contribution in [0.15, 0.2) is 103 Å². The number of amides is 5. The van der Waals surface area contributed by atoms with Crippen LogP contribution in [0, 0.1) is 5.82 Å². The highest BCUT2D eigenvalue weighted by molar-refractivity contribution is 6.25. The number of halogens is 1. The van der Waals surface area contributed by atoms with Crippen LogP contribution in [0.3, 0.4) is 0 Å². The number of fused-ring (bicyclic) bond motifs is 1. The van der Waals surface area contributed by atoms with E-state index in [2.05, 4.69) is 26.3 Å². The number of aliphatic carboxylic acids is 1. The first kappa shape index (κ1) is 56.1. The number of hydrogen-bond acceptors (Lipinski definition) is 14. The molecule has 0 spiro atoms. The molecule has 0 bridgehead atoms. The van der Waals surface area contributed by atoms with E-state index in [-0.39, 0.29) is 61.8 Å². The SMILES string of the molecule is CC(C)c1c(C(=O)Nc2ccccc2)c(-c2cccc(OCCCc3cn(CCOCCOCCNc4cccc5c4C(=O)N(C4CCC(=O)NC4=O)C5=O)nn3)c2)c(-c2ccc(F)cc2)n1CCC(O)CC(O)CC(=O)O. The van der Waals surface area contributed by atoms with Gasteiger partial charge in [0.2, 0.25) is 11.8 Å². The fourth-order valence-corrected chi connectivity index (χ4v) is 9.75. The maximum atomic E-state index is 14.7. The third kappa shape index (κ3) is 13.9. The number of imide groups is 2. The molecule has 0 saturated carbocycles. The summed E-state index contributed by atoms with van der Waals surface area (Å²) in [5, 5.41) is 47.5. The highest BCUT2D eigenvalue weighted by Gasteiger charge is 2.45. The number of rotatable bonds is 28. The zero-order chi connectivity index (χ0) is 55.3. The predicted molar refractivity (Wildman–Crippen MR) is 284 cm³/mol. The van der Waals surface area contributed by atoms with Crippen LogP contribution in [0.1, 0.15) is 101 Å². The van der Waals surface area contributed by atoms with Gasteiger partial charge in [-0.1, -0.05) is 55.5 Å². The molecule has 1 fully saturated rings. The predicted octanol–water partition coefficient (Wildman–Crippen LogP) is 6.46. The molecule has 410 valence electrons. The molecule has 3 unspecified atom stereocenters. The van der Waals surface area contributed by atoms with Gasteiger partial charge in [-0.2, -0.15) is 0 Å². The second-order valence-corrected chi connectivity index (χ2v) is 19.3. The molecule has 4 aromatic carbocycles. The molecule has 2 aromatic heterocycles. The van der Waals surface area contributed by atoms with E-state index in [1.807, 2.05) is 67.1 Å². The van der Waals surface area contributed by atoms with E-state index in [0.717, 1.165) is 10.6 Å². The lowest BCUT2D eigenvalue weighted by Crippen LogP contribution is -2.54. The summed E-state index contributed by atoms with van der Waals surface area (Å²) < 4.78 is 35.9. The minimum Gasteiger partial charge on any atom is -0.494 e. The third-order valence-electron chi connectivity index (χ3n) is 13.3. The molecule has 6 N–H and O–H groups in total. The van der Waals surface area contributed by atoms with E-state index in [1.165, 1.54) is 18.2 Å². The number of aliphatic hydroxyl groups is 2. The fraction of sp³-hybridized carbons (Fsp3) is 0.368. The summed E-state index contributed by atoms with van der Waals surface area (Å²) in [6.07, 6.45) is 0.281. The van der Waals surface area contributed by atoms with Crippen molar-refractivity contribution in [1.29, 1.82) is 0 Å². The molecule has 0 radical (unpaired) electrons. The van der Waals surface area contributed by atoms with Crippen molar-refractivity contribution in [3.8, 4) is 28.1 Å².